The maximum atomic E-state index is 12.2. The summed E-state index contributed by atoms with van der Waals surface area (Å²) in [7, 11) is 0. The molecule has 1 fully saturated rings. The largest absolute Gasteiger partial charge is 0.369 e. The Morgan fingerprint density at radius 1 is 1.41 bits per heavy atom. The number of hydrogen-bond donors (Lipinski definition) is 3. The third-order valence-electron chi connectivity index (χ3n) is 4.25. The fraction of sp³-hybridized carbons (Fsp3) is 0.500. The lowest BCUT2D eigenvalue weighted by molar-refractivity contribution is -0.123. The van der Waals surface area contributed by atoms with Crippen molar-refractivity contribution in [3.63, 3.8) is 0 Å². The molecule has 118 valence electrons. The predicted molar refractivity (Wildman–Crippen MR) is 92.1 cm³/mol. The van der Waals surface area contributed by atoms with Crippen LogP contribution in [-0.4, -0.2) is 42.7 Å². The highest BCUT2D eigenvalue weighted by molar-refractivity contribution is 7.80. The standard InChI is InChI=1S/C16H22N4OS/c1-11-10-13(19-16(22)18-11)15(21)17-7-9-20-8-6-12-4-2-3-5-14(12)20/h2-5,11,13H,6-10H2,1H3,(H,17,21)(H2,18,19,22)/t11-,13+/m1/s1. The van der Waals surface area contributed by atoms with Gasteiger partial charge >= 0.3 is 0 Å². The second kappa shape index (κ2) is 6.52. The molecule has 0 aliphatic carbocycles. The van der Waals surface area contributed by atoms with Gasteiger partial charge in [-0.3, -0.25) is 4.79 Å². The number of hydrogen-bond acceptors (Lipinski definition) is 3. The number of nitrogens with zero attached hydrogens (tertiary/aromatic N) is 1. The Bertz CT molecular complexity index is 577. The third-order valence-corrected chi connectivity index (χ3v) is 4.49. The minimum Gasteiger partial charge on any atom is -0.369 e. The van der Waals surface area contributed by atoms with E-state index in [-0.39, 0.29) is 18.0 Å². The van der Waals surface area contributed by atoms with Gasteiger partial charge in [-0.1, -0.05) is 18.2 Å². The van der Waals surface area contributed by atoms with Crippen molar-refractivity contribution < 1.29 is 4.79 Å². The van der Waals surface area contributed by atoms with Crippen LogP contribution in [0.25, 0.3) is 0 Å². The SMILES string of the molecule is C[C@@H]1C[C@@H](C(=O)NCCN2CCc3ccccc32)NC(=S)N1. The van der Waals surface area contributed by atoms with E-state index < -0.39 is 0 Å². The van der Waals surface area contributed by atoms with Crippen molar-refractivity contribution >= 4 is 28.9 Å². The molecule has 2 heterocycles. The highest BCUT2D eigenvalue weighted by Crippen LogP contribution is 2.26. The summed E-state index contributed by atoms with van der Waals surface area (Å²) in [5, 5.41) is 9.73. The van der Waals surface area contributed by atoms with Crippen LogP contribution in [-0.2, 0) is 11.2 Å². The third kappa shape index (κ3) is 3.32. The number of thiocarbonyl (C=S) groups is 1. The molecule has 5 nitrogen and oxygen atoms in total. The van der Waals surface area contributed by atoms with Crippen molar-refractivity contribution in [2.75, 3.05) is 24.5 Å². The fourth-order valence-corrected chi connectivity index (χ4v) is 3.49. The zero-order chi connectivity index (χ0) is 15.5. The first-order valence-electron chi connectivity index (χ1n) is 7.81. The summed E-state index contributed by atoms with van der Waals surface area (Å²) in [4.78, 5) is 14.6. The number of benzene rings is 1. The van der Waals surface area contributed by atoms with Crippen LogP contribution in [0.4, 0.5) is 5.69 Å². The van der Waals surface area contributed by atoms with Crippen molar-refractivity contribution in [1.82, 2.24) is 16.0 Å². The first-order valence-corrected chi connectivity index (χ1v) is 8.22. The summed E-state index contributed by atoms with van der Waals surface area (Å²) < 4.78 is 0. The maximum absolute atomic E-state index is 12.2. The number of carbonyl (C=O) groups excluding carboxylic acids is 1. The van der Waals surface area contributed by atoms with E-state index in [0.29, 0.717) is 11.7 Å². The first kappa shape index (κ1) is 15.1. The summed E-state index contributed by atoms with van der Waals surface area (Å²) >= 11 is 5.11. The van der Waals surface area contributed by atoms with Crippen LogP contribution in [0.2, 0.25) is 0 Å². The molecule has 0 saturated carbocycles. The molecule has 1 aromatic rings. The van der Waals surface area contributed by atoms with Crippen LogP contribution < -0.4 is 20.9 Å². The van der Waals surface area contributed by atoms with Gasteiger partial charge in [0.15, 0.2) is 5.11 Å². The Labute approximate surface area is 136 Å². The molecule has 2 aliphatic rings. The highest BCUT2D eigenvalue weighted by Gasteiger charge is 2.26. The van der Waals surface area contributed by atoms with E-state index in [1.54, 1.807) is 0 Å². The number of rotatable bonds is 4. The highest BCUT2D eigenvalue weighted by atomic mass is 32.1. The van der Waals surface area contributed by atoms with E-state index in [2.05, 4.69) is 45.1 Å². The quantitative estimate of drug-likeness (QED) is 0.717. The van der Waals surface area contributed by atoms with Gasteiger partial charge in [-0.2, -0.15) is 0 Å². The van der Waals surface area contributed by atoms with Gasteiger partial charge in [0, 0.05) is 31.4 Å². The van der Waals surface area contributed by atoms with Crippen LogP contribution in [0.5, 0.6) is 0 Å². The van der Waals surface area contributed by atoms with Gasteiger partial charge in [-0.15, -0.1) is 0 Å². The Morgan fingerprint density at radius 2 is 2.23 bits per heavy atom. The second-order valence-electron chi connectivity index (χ2n) is 5.96. The first-order chi connectivity index (χ1) is 10.6. The van der Waals surface area contributed by atoms with E-state index >= 15 is 0 Å². The van der Waals surface area contributed by atoms with Crippen LogP contribution in [0.15, 0.2) is 24.3 Å². The molecular formula is C16H22N4OS. The Kier molecular flexibility index (Phi) is 4.47. The van der Waals surface area contributed by atoms with Gasteiger partial charge in [-0.25, -0.2) is 0 Å². The lowest BCUT2D eigenvalue weighted by atomic mass is 10.1. The van der Waals surface area contributed by atoms with Gasteiger partial charge in [0.05, 0.1) is 0 Å². The monoisotopic (exact) mass is 318 g/mol. The minimum atomic E-state index is -0.227. The van der Waals surface area contributed by atoms with Crippen molar-refractivity contribution in [3.05, 3.63) is 29.8 Å². The molecule has 2 aliphatic heterocycles. The Morgan fingerprint density at radius 3 is 3.05 bits per heavy atom. The molecule has 2 atom stereocenters. The van der Waals surface area contributed by atoms with Crippen LogP contribution >= 0.6 is 12.2 Å². The summed E-state index contributed by atoms with van der Waals surface area (Å²) in [6.45, 7) is 4.56. The van der Waals surface area contributed by atoms with Crippen molar-refractivity contribution in [2.45, 2.75) is 31.8 Å². The molecule has 0 spiro atoms. The number of para-hydroxylation sites is 1. The Hall–Kier alpha value is -1.82. The Balaban J connectivity index is 1.47. The molecule has 6 heteroatoms. The molecule has 0 bridgehead atoms. The number of fused-ring (bicyclic) bond motifs is 1. The molecule has 0 radical (unpaired) electrons. The molecule has 1 aromatic carbocycles. The number of carbonyl (C=O) groups is 1. The van der Waals surface area contributed by atoms with Gasteiger partial charge in [0.2, 0.25) is 5.91 Å². The van der Waals surface area contributed by atoms with Crippen molar-refractivity contribution in [2.24, 2.45) is 0 Å². The van der Waals surface area contributed by atoms with Crippen LogP contribution in [0.3, 0.4) is 0 Å². The molecule has 0 unspecified atom stereocenters. The van der Waals surface area contributed by atoms with E-state index in [1.807, 2.05) is 6.92 Å². The molecule has 3 N–H and O–H groups in total. The summed E-state index contributed by atoms with van der Waals surface area (Å²) in [5.74, 6) is 0.0307. The number of anilines is 1. The summed E-state index contributed by atoms with van der Waals surface area (Å²) in [6, 6.07) is 8.48. The second-order valence-corrected chi connectivity index (χ2v) is 6.37. The fourth-order valence-electron chi connectivity index (χ4n) is 3.14. The van der Waals surface area contributed by atoms with Crippen molar-refractivity contribution in [1.29, 1.82) is 0 Å². The molecule has 1 amide bonds. The van der Waals surface area contributed by atoms with Crippen molar-refractivity contribution in [3.8, 4) is 0 Å². The zero-order valence-electron chi connectivity index (χ0n) is 12.8. The smallest absolute Gasteiger partial charge is 0.242 e. The van der Waals surface area contributed by atoms with Crippen LogP contribution in [0.1, 0.15) is 18.9 Å². The molecule has 1 saturated heterocycles. The zero-order valence-corrected chi connectivity index (χ0v) is 13.6. The van der Waals surface area contributed by atoms with E-state index in [9.17, 15) is 4.79 Å². The molecule has 3 rings (SSSR count). The lowest BCUT2D eigenvalue weighted by Crippen LogP contribution is -2.58. The molecule has 0 aromatic heterocycles. The molecule has 22 heavy (non-hydrogen) atoms. The van der Waals surface area contributed by atoms with E-state index in [1.165, 1.54) is 11.3 Å². The maximum Gasteiger partial charge on any atom is 0.242 e. The average Bonchev–Trinajstić information content (AvgIpc) is 2.90. The summed E-state index contributed by atoms with van der Waals surface area (Å²) in [6.07, 6.45) is 1.84. The van der Waals surface area contributed by atoms with E-state index in [4.69, 9.17) is 12.2 Å². The van der Waals surface area contributed by atoms with Crippen LogP contribution in [0, 0.1) is 0 Å². The average molecular weight is 318 g/mol. The normalized spacial score (nSPS) is 23.5. The van der Waals surface area contributed by atoms with Gasteiger partial charge in [-0.05, 0) is 43.6 Å². The number of amides is 1. The minimum absolute atomic E-state index is 0.0307. The van der Waals surface area contributed by atoms with Gasteiger partial charge < -0.3 is 20.9 Å². The van der Waals surface area contributed by atoms with E-state index in [0.717, 1.165) is 25.9 Å². The van der Waals surface area contributed by atoms with Gasteiger partial charge in [0.1, 0.15) is 6.04 Å². The number of nitrogens with one attached hydrogen (secondary N) is 3. The lowest BCUT2D eigenvalue weighted by Gasteiger charge is -2.30. The van der Waals surface area contributed by atoms with Gasteiger partial charge in [0.25, 0.3) is 0 Å². The molecular weight excluding hydrogens is 296 g/mol. The predicted octanol–water partition coefficient (Wildman–Crippen LogP) is 0.790. The summed E-state index contributed by atoms with van der Waals surface area (Å²) in [5.41, 5.74) is 2.69. The topological polar surface area (TPSA) is 56.4 Å².